The van der Waals surface area contributed by atoms with Crippen LogP contribution < -0.4 is 5.32 Å². The molecule has 1 aromatic rings. The van der Waals surface area contributed by atoms with E-state index >= 15 is 0 Å². The molecule has 16 heavy (non-hydrogen) atoms. The minimum atomic E-state index is -0.774. The number of nitrogens with one attached hydrogen (secondary N) is 1. The number of carbonyl (C=O) groups is 1. The molecule has 2 rings (SSSR count). The zero-order valence-electron chi connectivity index (χ0n) is 8.97. The van der Waals surface area contributed by atoms with Crippen LogP contribution in [-0.4, -0.2) is 18.4 Å². The van der Waals surface area contributed by atoms with Gasteiger partial charge in [0.05, 0.1) is 5.56 Å². The molecule has 86 valence electrons. The first kappa shape index (κ1) is 11.2. The maximum absolute atomic E-state index is 13.4. The molecular formula is C12H13F2NO. The van der Waals surface area contributed by atoms with Crippen LogP contribution in [0.4, 0.5) is 8.78 Å². The topological polar surface area (TPSA) is 29.1 Å². The SMILES string of the molecule is CC1NCCC1C(=O)c1c(F)cccc1F. The van der Waals surface area contributed by atoms with Crippen LogP contribution in [0.3, 0.4) is 0 Å². The molecule has 0 saturated carbocycles. The summed E-state index contributed by atoms with van der Waals surface area (Å²) in [5, 5.41) is 3.09. The Kier molecular flexibility index (Phi) is 3.01. The molecule has 1 aliphatic heterocycles. The van der Waals surface area contributed by atoms with Crippen LogP contribution in [0.2, 0.25) is 0 Å². The molecule has 0 bridgehead atoms. The Morgan fingerprint density at radius 2 is 2.00 bits per heavy atom. The molecule has 1 N–H and O–H groups in total. The highest BCUT2D eigenvalue weighted by Crippen LogP contribution is 2.23. The van der Waals surface area contributed by atoms with Gasteiger partial charge in [-0.3, -0.25) is 4.79 Å². The van der Waals surface area contributed by atoms with E-state index in [9.17, 15) is 13.6 Å². The van der Waals surface area contributed by atoms with Gasteiger partial charge in [-0.15, -0.1) is 0 Å². The van der Waals surface area contributed by atoms with Crippen molar-refractivity contribution in [3.63, 3.8) is 0 Å². The van der Waals surface area contributed by atoms with E-state index in [1.807, 2.05) is 6.92 Å². The van der Waals surface area contributed by atoms with Crippen molar-refractivity contribution in [2.24, 2.45) is 5.92 Å². The highest BCUT2D eigenvalue weighted by Gasteiger charge is 2.32. The van der Waals surface area contributed by atoms with E-state index in [0.29, 0.717) is 13.0 Å². The predicted octanol–water partition coefficient (Wildman–Crippen LogP) is 2.15. The largest absolute Gasteiger partial charge is 0.313 e. The van der Waals surface area contributed by atoms with Crippen LogP contribution in [-0.2, 0) is 0 Å². The number of hydrogen-bond acceptors (Lipinski definition) is 2. The molecule has 2 unspecified atom stereocenters. The molecule has 0 radical (unpaired) electrons. The van der Waals surface area contributed by atoms with E-state index in [0.717, 1.165) is 12.1 Å². The van der Waals surface area contributed by atoms with Crippen LogP contribution in [0.25, 0.3) is 0 Å². The van der Waals surface area contributed by atoms with Crippen molar-refractivity contribution in [3.05, 3.63) is 35.4 Å². The Bertz CT molecular complexity index is 399. The van der Waals surface area contributed by atoms with Gasteiger partial charge in [0.1, 0.15) is 11.6 Å². The number of halogens is 2. The summed E-state index contributed by atoms with van der Waals surface area (Å²) in [5.41, 5.74) is -0.400. The van der Waals surface area contributed by atoms with Gasteiger partial charge in [0, 0.05) is 12.0 Å². The number of rotatable bonds is 2. The molecule has 1 aromatic carbocycles. The summed E-state index contributed by atoms with van der Waals surface area (Å²) >= 11 is 0. The third-order valence-electron chi connectivity index (χ3n) is 3.07. The van der Waals surface area contributed by atoms with Crippen molar-refractivity contribution < 1.29 is 13.6 Å². The molecule has 2 nitrogen and oxygen atoms in total. The van der Waals surface area contributed by atoms with Gasteiger partial charge in [-0.1, -0.05) is 6.07 Å². The molecule has 1 saturated heterocycles. The molecule has 0 aliphatic carbocycles. The normalized spacial score (nSPS) is 24.7. The standard InChI is InChI=1S/C12H13F2NO/c1-7-8(5-6-15-7)12(16)11-9(13)3-2-4-10(11)14/h2-4,7-8,15H,5-6H2,1H3. The monoisotopic (exact) mass is 225 g/mol. The average Bonchev–Trinajstić information content (AvgIpc) is 2.64. The minimum Gasteiger partial charge on any atom is -0.313 e. The van der Waals surface area contributed by atoms with Crippen molar-refractivity contribution in [1.29, 1.82) is 0 Å². The lowest BCUT2D eigenvalue weighted by Gasteiger charge is -2.14. The van der Waals surface area contributed by atoms with E-state index in [1.54, 1.807) is 0 Å². The second-order valence-electron chi connectivity index (χ2n) is 4.10. The minimum absolute atomic E-state index is 0.0218. The quantitative estimate of drug-likeness (QED) is 0.781. The lowest BCUT2D eigenvalue weighted by Crippen LogP contribution is -2.29. The summed E-state index contributed by atoms with van der Waals surface area (Å²) in [5.74, 6) is -2.31. The third kappa shape index (κ3) is 1.85. The van der Waals surface area contributed by atoms with Crippen LogP contribution in [0.5, 0.6) is 0 Å². The van der Waals surface area contributed by atoms with E-state index in [2.05, 4.69) is 5.32 Å². The number of hydrogen-bond donors (Lipinski definition) is 1. The van der Waals surface area contributed by atoms with Crippen molar-refractivity contribution in [2.45, 2.75) is 19.4 Å². The second-order valence-corrected chi connectivity index (χ2v) is 4.10. The maximum Gasteiger partial charge on any atom is 0.173 e. The van der Waals surface area contributed by atoms with Gasteiger partial charge in [0.2, 0.25) is 0 Å². The first-order valence-corrected chi connectivity index (χ1v) is 5.33. The number of Topliss-reactive ketones (excluding diaryl/α,β-unsaturated/α-hetero) is 1. The Morgan fingerprint density at radius 3 is 2.50 bits per heavy atom. The Morgan fingerprint density at radius 1 is 1.38 bits per heavy atom. The molecule has 1 fully saturated rings. The summed E-state index contributed by atoms with van der Waals surface area (Å²) in [4.78, 5) is 12.0. The molecule has 2 atom stereocenters. The molecule has 4 heteroatoms. The lowest BCUT2D eigenvalue weighted by atomic mass is 9.91. The summed E-state index contributed by atoms with van der Waals surface area (Å²) in [7, 11) is 0. The first-order chi connectivity index (χ1) is 7.61. The van der Waals surface area contributed by atoms with Gasteiger partial charge in [0.15, 0.2) is 5.78 Å². The zero-order valence-corrected chi connectivity index (χ0v) is 8.97. The maximum atomic E-state index is 13.4. The zero-order chi connectivity index (χ0) is 11.7. The van der Waals surface area contributed by atoms with Gasteiger partial charge in [-0.25, -0.2) is 8.78 Å². The highest BCUT2D eigenvalue weighted by molar-refractivity contribution is 5.99. The van der Waals surface area contributed by atoms with Gasteiger partial charge < -0.3 is 5.32 Å². The Labute approximate surface area is 92.7 Å². The summed E-state index contributed by atoms with van der Waals surface area (Å²) in [6.07, 6.45) is 0.633. The van der Waals surface area contributed by atoms with Crippen molar-refractivity contribution in [1.82, 2.24) is 5.32 Å². The van der Waals surface area contributed by atoms with Crippen molar-refractivity contribution in [2.75, 3.05) is 6.54 Å². The van der Waals surface area contributed by atoms with E-state index < -0.39 is 23.0 Å². The van der Waals surface area contributed by atoms with Gasteiger partial charge in [-0.2, -0.15) is 0 Å². The highest BCUT2D eigenvalue weighted by atomic mass is 19.1. The van der Waals surface area contributed by atoms with Crippen molar-refractivity contribution in [3.8, 4) is 0 Å². The van der Waals surface area contributed by atoms with Crippen LogP contribution in [0, 0.1) is 17.6 Å². The molecule has 0 aromatic heterocycles. The fourth-order valence-corrected chi connectivity index (χ4v) is 2.14. The van der Waals surface area contributed by atoms with E-state index in [4.69, 9.17) is 0 Å². The molecular weight excluding hydrogens is 212 g/mol. The lowest BCUT2D eigenvalue weighted by molar-refractivity contribution is 0.0905. The predicted molar refractivity (Wildman–Crippen MR) is 56.3 cm³/mol. The van der Waals surface area contributed by atoms with E-state index in [-0.39, 0.29) is 12.0 Å². The summed E-state index contributed by atoms with van der Waals surface area (Å²) in [6, 6.07) is 3.47. The van der Waals surface area contributed by atoms with Crippen molar-refractivity contribution >= 4 is 5.78 Å². The first-order valence-electron chi connectivity index (χ1n) is 5.33. The smallest absolute Gasteiger partial charge is 0.173 e. The number of benzene rings is 1. The van der Waals surface area contributed by atoms with Crippen LogP contribution >= 0.6 is 0 Å². The van der Waals surface area contributed by atoms with Crippen LogP contribution in [0.1, 0.15) is 23.7 Å². The Hall–Kier alpha value is -1.29. The fraction of sp³-hybridized carbons (Fsp3) is 0.417. The summed E-state index contributed by atoms with van der Waals surface area (Å²) in [6.45, 7) is 2.57. The van der Waals surface area contributed by atoms with Gasteiger partial charge in [0.25, 0.3) is 0 Å². The summed E-state index contributed by atoms with van der Waals surface area (Å²) < 4.78 is 26.8. The van der Waals surface area contributed by atoms with Crippen LogP contribution in [0.15, 0.2) is 18.2 Å². The molecule has 0 spiro atoms. The molecule has 1 heterocycles. The van der Waals surface area contributed by atoms with E-state index in [1.165, 1.54) is 6.07 Å². The second kappa shape index (κ2) is 4.29. The number of ketones is 1. The molecule has 0 amide bonds. The molecule has 1 aliphatic rings. The fourth-order valence-electron chi connectivity index (χ4n) is 2.14. The number of carbonyl (C=O) groups excluding carboxylic acids is 1. The third-order valence-corrected chi connectivity index (χ3v) is 3.07. The Balaban J connectivity index is 2.33. The van der Waals surface area contributed by atoms with Gasteiger partial charge in [-0.05, 0) is 32.0 Å². The average molecular weight is 225 g/mol. The van der Waals surface area contributed by atoms with Gasteiger partial charge >= 0.3 is 0 Å².